The molecule has 1 aliphatic rings. The molecule has 112 valence electrons. The van der Waals surface area contributed by atoms with E-state index in [4.69, 9.17) is 4.55 Å². The Labute approximate surface area is 131 Å². The Morgan fingerprint density at radius 1 is 1.14 bits per heavy atom. The topological polar surface area (TPSA) is 40.5 Å². The number of benzene rings is 1. The highest BCUT2D eigenvalue weighted by molar-refractivity contribution is 7.78. The molecule has 3 nitrogen and oxygen atoms in total. The van der Waals surface area contributed by atoms with Gasteiger partial charge < -0.3 is 4.55 Å². The van der Waals surface area contributed by atoms with Crippen LogP contribution in [0.3, 0.4) is 0 Å². The molecule has 2 aromatic rings. The molecule has 1 aromatic carbocycles. The summed E-state index contributed by atoms with van der Waals surface area (Å²) in [5.74, 6) is 0.199. The van der Waals surface area contributed by atoms with E-state index >= 15 is 0 Å². The van der Waals surface area contributed by atoms with Crippen molar-refractivity contribution < 1.29 is 8.76 Å². The first kappa shape index (κ1) is 14.9. The second-order valence-electron chi connectivity index (χ2n) is 5.45. The van der Waals surface area contributed by atoms with Gasteiger partial charge in [0.25, 0.3) is 0 Å². The summed E-state index contributed by atoms with van der Waals surface area (Å²) >= 11 is 0.0457. The van der Waals surface area contributed by atoms with Gasteiger partial charge in [0.1, 0.15) is 0 Å². The van der Waals surface area contributed by atoms with E-state index in [0.29, 0.717) is 0 Å². The first-order valence-corrected chi connectivity index (χ1v) is 9.33. The van der Waals surface area contributed by atoms with Crippen LogP contribution >= 0.6 is 11.3 Å². The van der Waals surface area contributed by atoms with Crippen LogP contribution in [0.2, 0.25) is 0 Å². The van der Waals surface area contributed by atoms with Gasteiger partial charge in [-0.1, -0.05) is 24.3 Å². The zero-order chi connectivity index (χ0) is 14.7. The van der Waals surface area contributed by atoms with Crippen molar-refractivity contribution in [2.45, 2.75) is 25.1 Å². The van der Waals surface area contributed by atoms with Gasteiger partial charge in [-0.2, -0.15) is 0 Å². The van der Waals surface area contributed by atoms with Crippen LogP contribution in [0.4, 0.5) is 0 Å². The molecule has 1 unspecified atom stereocenters. The predicted octanol–water partition coefficient (Wildman–Crippen LogP) is 3.73. The monoisotopic (exact) mass is 321 g/mol. The van der Waals surface area contributed by atoms with Gasteiger partial charge in [-0.25, -0.2) is 4.21 Å². The number of likely N-dealkylation sites (tertiary alicyclic amines) is 1. The number of hydrogen-bond donors (Lipinski definition) is 1. The third kappa shape index (κ3) is 4.01. The van der Waals surface area contributed by atoms with Gasteiger partial charge in [0.2, 0.25) is 0 Å². The Hall–Kier alpha value is -1.01. The van der Waals surface area contributed by atoms with E-state index in [1.807, 2.05) is 35.6 Å². The van der Waals surface area contributed by atoms with Crippen LogP contribution in [0.1, 0.15) is 23.3 Å². The van der Waals surface area contributed by atoms with Gasteiger partial charge in [0.15, 0.2) is 11.1 Å². The normalized spacial score (nSPS) is 17.2. The fraction of sp³-hybridized carbons (Fsp3) is 0.375. The summed E-state index contributed by atoms with van der Waals surface area (Å²) in [4.78, 5) is 3.92. The summed E-state index contributed by atoms with van der Waals surface area (Å²) in [6.45, 7) is 3.51. The number of thiophene rings is 1. The van der Waals surface area contributed by atoms with Crippen molar-refractivity contribution in [3.05, 3.63) is 46.2 Å². The first-order chi connectivity index (χ1) is 10.2. The molecule has 0 radical (unpaired) electrons. The van der Waals surface area contributed by atoms with Crippen molar-refractivity contribution in [1.82, 2.24) is 4.90 Å². The molecular formula is C16H19NO2S2. The average Bonchev–Trinajstić information content (AvgIpc) is 3.11. The molecule has 2 heterocycles. The lowest BCUT2D eigenvalue weighted by Crippen LogP contribution is -2.17. The van der Waals surface area contributed by atoms with Gasteiger partial charge in [-0.15, -0.1) is 11.3 Å². The SMILES string of the molecule is O=S(O)Cc1ccc(-c2csc(CN3CCCC3)c2)cc1. The van der Waals surface area contributed by atoms with E-state index in [0.717, 1.165) is 12.1 Å². The van der Waals surface area contributed by atoms with E-state index in [1.165, 1.54) is 41.9 Å². The third-order valence-electron chi connectivity index (χ3n) is 3.81. The molecule has 21 heavy (non-hydrogen) atoms. The molecule has 0 amide bonds. The highest BCUT2D eigenvalue weighted by Gasteiger charge is 2.13. The third-order valence-corrected chi connectivity index (χ3v) is 5.31. The summed E-state index contributed by atoms with van der Waals surface area (Å²) in [6, 6.07) is 10.2. The van der Waals surface area contributed by atoms with Crippen LogP contribution in [0.5, 0.6) is 0 Å². The van der Waals surface area contributed by atoms with E-state index in [2.05, 4.69) is 16.3 Å². The summed E-state index contributed by atoms with van der Waals surface area (Å²) in [5, 5.41) is 2.20. The summed E-state index contributed by atoms with van der Waals surface area (Å²) in [6.07, 6.45) is 2.65. The second-order valence-corrected chi connectivity index (χ2v) is 7.38. The Balaban J connectivity index is 1.68. The van der Waals surface area contributed by atoms with Crippen LogP contribution < -0.4 is 0 Å². The minimum absolute atomic E-state index is 0.199. The maximum atomic E-state index is 10.8. The molecule has 1 aromatic heterocycles. The van der Waals surface area contributed by atoms with Crippen molar-refractivity contribution >= 4 is 22.4 Å². The number of nitrogens with zero attached hydrogens (tertiary/aromatic N) is 1. The molecule has 5 heteroatoms. The standard InChI is InChI=1S/C16H19NO2S2/c18-21(19)12-13-3-5-14(6-4-13)15-9-16(20-11-15)10-17-7-1-2-8-17/h3-6,9,11H,1-2,7-8,10,12H2,(H,18,19). The van der Waals surface area contributed by atoms with Crippen molar-refractivity contribution in [2.75, 3.05) is 13.1 Å². The smallest absolute Gasteiger partial charge is 0.157 e. The number of hydrogen-bond acceptors (Lipinski definition) is 3. The highest BCUT2D eigenvalue weighted by atomic mass is 32.2. The summed E-state index contributed by atoms with van der Waals surface area (Å²) < 4.78 is 19.7. The minimum atomic E-state index is -1.77. The lowest BCUT2D eigenvalue weighted by atomic mass is 10.1. The van der Waals surface area contributed by atoms with E-state index in [-0.39, 0.29) is 5.75 Å². The van der Waals surface area contributed by atoms with Crippen LogP contribution in [0.25, 0.3) is 11.1 Å². The summed E-state index contributed by atoms with van der Waals surface area (Å²) in [5.41, 5.74) is 3.31. The molecule has 1 N–H and O–H groups in total. The van der Waals surface area contributed by atoms with Gasteiger partial charge >= 0.3 is 0 Å². The lowest BCUT2D eigenvalue weighted by molar-refractivity contribution is 0.334. The quantitative estimate of drug-likeness (QED) is 0.853. The van der Waals surface area contributed by atoms with Crippen molar-refractivity contribution in [3.8, 4) is 11.1 Å². The highest BCUT2D eigenvalue weighted by Crippen LogP contribution is 2.27. The Morgan fingerprint density at radius 2 is 1.86 bits per heavy atom. The fourth-order valence-electron chi connectivity index (χ4n) is 2.71. The Bertz CT molecular complexity index is 615. The molecule has 1 aliphatic heterocycles. The van der Waals surface area contributed by atoms with E-state index < -0.39 is 11.1 Å². The predicted molar refractivity (Wildman–Crippen MR) is 88.7 cm³/mol. The van der Waals surface area contributed by atoms with Gasteiger partial charge in [-0.3, -0.25) is 4.90 Å². The maximum Gasteiger partial charge on any atom is 0.157 e. The molecule has 0 aliphatic carbocycles. The minimum Gasteiger partial charge on any atom is -0.306 e. The second kappa shape index (κ2) is 6.83. The van der Waals surface area contributed by atoms with Gasteiger partial charge in [0, 0.05) is 11.4 Å². The maximum absolute atomic E-state index is 10.8. The van der Waals surface area contributed by atoms with Gasteiger partial charge in [0.05, 0.1) is 5.75 Å². The van der Waals surface area contributed by atoms with Crippen LogP contribution in [0.15, 0.2) is 35.7 Å². The molecule has 0 saturated carbocycles. The molecule has 1 atom stereocenters. The fourth-order valence-corrected chi connectivity index (χ4v) is 4.12. The molecule has 0 bridgehead atoms. The lowest BCUT2D eigenvalue weighted by Gasteiger charge is -2.12. The largest absolute Gasteiger partial charge is 0.306 e. The van der Waals surface area contributed by atoms with Crippen molar-refractivity contribution in [1.29, 1.82) is 0 Å². The molecule has 1 saturated heterocycles. The van der Waals surface area contributed by atoms with Crippen molar-refractivity contribution in [2.24, 2.45) is 0 Å². The van der Waals surface area contributed by atoms with Crippen LogP contribution in [0, 0.1) is 0 Å². The van der Waals surface area contributed by atoms with Crippen molar-refractivity contribution in [3.63, 3.8) is 0 Å². The number of rotatable bonds is 5. The molecule has 3 rings (SSSR count). The molecule has 1 fully saturated rings. The first-order valence-electron chi connectivity index (χ1n) is 7.17. The van der Waals surface area contributed by atoms with Crippen LogP contribution in [-0.4, -0.2) is 26.8 Å². The average molecular weight is 321 g/mol. The zero-order valence-electron chi connectivity index (χ0n) is 11.8. The summed E-state index contributed by atoms with van der Waals surface area (Å²) in [7, 11) is 0. The van der Waals surface area contributed by atoms with Crippen LogP contribution in [-0.2, 0) is 23.4 Å². The zero-order valence-corrected chi connectivity index (χ0v) is 13.5. The van der Waals surface area contributed by atoms with E-state index in [1.54, 1.807) is 0 Å². The Kier molecular flexibility index (Phi) is 4.85. The molecular weight excluding hydrogens is 302 g/mol. The van der Waals surface area contributed by atoms with E-state index in [9.17, 15) is 4.21 Å². The van der Waals surface area contributed by atoms with Gasteiger partial charge in [-0.05, 0) is 54.1 Å². The Morgan fingerprint density at radius 3 is 2.52 bits per heavy atom. The molecule has 0 spiro atoms.